The minimum Gasteiger partial charge on any atom is -0.313 e. The highest BCUT2D eigenvalue weighted by Crippen LogP contribution is 2.34. The number of rotatable bonds is 4. The second-order valence-electron chi connectivity index (χ2n) is 3.83. The summed E-state index contributed by atoms with van der Waals surface area (Å²) < 4.78 is 27.1. The highest BCUT2D eigenvalue weighted by molar-refractivity contribution is 7.89. The molecule has 0 saturated heterocycles. The number of hydrogen-bond donors (Lipinski definition) is 2. The topological polar surface area (TPSA) is 58.2 Å². The van der Waals surface area contributed by atoms with Gasteiger partial charge in [0.1, 0.15) is 9.23 Å². The highest BCUT2D eigenvalue weighted by atomic mass is 35.5. The van der Waals surface area contributed by atoms with Crippen molar-refractivity contribution < 1.29 is 8.42 Å². The van der Waals surface area contributed by atoms with Crippen LogP contribution in [0.1, 0.15) is 6.42 Å². The largest absolute Gasteiger partial charge is 0.313 e. The van der Waals surface area contributed by atoms with Crippen LogP contribution in [0.15, 0.2) is 22.6 Å². The summed E-state index contributed by atoms with van der Waals surface area (Å²) in [6.45, 7) is 1.97. The molecule has 19 heavy (non-hydrogen) atoms. The van der Waals surface area contributed by atoms with Gasteiger partial charge in [0.05, 0.1) is 4.34 Å². The number of nitrogens with one attached hydrogen (secondary N) is 2. The smallest absolute Gasteiger partial charge is 0.243 e. The van der Waals surface area contributed by atoms with Crippen molar-refractivity contribution in [1.29, 1.82) is 0 Å². The third-order valence-electron chi connectivity index (χ3n) is 2.56. The molecule has 2 heterocycles. The second kappa shape index (κ2) is 7.26. The third-order valence-corrected chi connectivity index (χ3v) is 5.72. The number of halogens is 3. The molecule has 1 aliphatic rings. The van der Waals surface area contributed by atoms with Crippen LogP contribution in [0, 0.1) is 0 Å². The van der Waals surface area contributed by atoms with Gasteiger partial charge in [0, 0.05) is 13.1 Å². The van der Waals surface area contributed by atoms with Crippen LogP contribution in [0.2, 0.25) is 8.67 Å². The van der Waals surface area contributed by atoms with Crippen molar-refractivity contribution in [2.24, 2.45) is 0 Å². The standard InChI is InChI=1S/C10H12Cl2N2O2S2.ClH/c11-9-5-8(10(12)17-9)18(15,16)14-6-7-1-3-13-4-2-7;/h1,5,13-14H,2-4,6H2;1H. The summed E-state index contributed by atoms with van der Waals surface area (Å²) in [6, 6.07) is 1.37. The lowest BCUT2D eigenvalue weighted by Gasteiger charge is -2.14. The molecule has 2 N–H and O–H groups in total. The lowest BCUT2D eigenvalue weighted by Crippen LogP contribution is -2.29. The molecule has 9 heteroatoms. The van der Waals surface area contributed by atoms with E-state index in [4.69, 9.17) is 23.2 Å². The number of thiophene rings is 1. The Bertz CT molecular complexity index is 569. The van der Waals surface area contributed by atoms with Crippen molar-refractivity contribution in [2.75, 3.05) is 19.6 Å². The van der Waals surface area contributed by atoms with Gasteiger partial charge in [-0.1, -0.05) is 34.9 Å². The summed E-state index contributed by atoms with van der Waals surface area (Å²) in [5.41, 5.74) is 1.08. The van der Waals surface area contributed by atoms with Crippen molar-refractivity contribution in [3.05, 3.63) is 26.4 Å². The molecule has 0 saturated carbocycles. The van der Waals surface area contributed by atoms with Crippen LogP contribution in [0.5, 0.6) is 0 Å². The average molecular weight is 364 g/mol. The molecule has 108 valence electrons. The summed E-state index contributed by atoms with van der Waals surface area (Å²) in [4.78, 5) is 0.0497. The quantitative estimate of drug-likeness (QED) is 0.809. The Morgan fingerprint density at radius 1 is 1.42 bits per heavy atom. The van der Waals surface area contributed by atoms with Gasteiger partial charge in [-0.05, 0) is 19.0 Å². The van der Waals surface area contributed by atoms with Crippen LogP contribution in [0.3, 0.4) is 0 Å². The van der Waals surface area contributed by atoms with Crippen molar-refractivity contribution in [1.82, 2.24) is 10.0 Å². The molecule has 0 fully saturated rings. The Kier molecular flexibility index (Phi) is 6.59. The maximum Gasteiger partial charge on any atom is 0.243 e. The van der Waals surface area contributed by atoms with Crippen LogP contribution in [-0.2, 0) is 10.0 Å². The molecule has 4 nitrogen and oxygen atoms in total. The minimum absolute atomic E-state index is 0. The van der Waals surface area contributed by atoms with Crippen molar-refractivity contribution >= 4 is 57.0 Å². The van der Waals surface area contributed by atoms with Crippen molar-refractivity contribution in [3.8, 4) is 0 Å². The summed E-state index contributed by atoms with van der Waals surface area (Å²) in [5, 5.41) is 3.17. The number of sulfonamides is 1. The molecule has 2 rings (SSSR count). The molecule has 1 aromatic heterocycles. The lowest BCUT2D eigenvalue weighted by molar-refractivity contribution is 0.582. The maximum atomic E-state index is 12.0. The summed E-state index contributed by atoms with van der Waals surface area (Å²) in [6.07, 6.45) is 2.84. The van der Waals surface area contributed by atoms with Crippen LogP contribution in [-0.4, -0.2) is 28.1 Å². The van der Waals surface area contributed by atoms with Gasteiger partial charge in [0.25, 0.3) is 0 Å². The van der Waals surface area contributed by atoms with E-state index in [1.54, 1.807) is 0 Å². The van der Waals surface area contributed by atoms with E-state index in [-0.39, 0.29) is 21.6 Å². The van der Waals surface area contributed by atoms with Gasteiger partial charge >= 0.3 is 0 Å². The van der Waals surface area contributed by atoms with Crippen molar-refractivity contribution in [3.63, 3.8) is 0 Å². The van der Waals surface area contributed by atoms with Crippen LogP contribution in [0.25, 0.3) is 0 Å². The molecule has 0 aromatic carbocycles. The van der Waals surface area contributed by atoms with Crippen molar-refractivity contribution in [2.45, 2.75) is 11.3 Å². The molecule has 1 aliphatic heterocycles. The minimum atomic E-state index is -3.59. The first-order chi connectivity index (χ1) is 8.49. The fourth-order valence-corrected chi connectivity index (χ4v) is 4.79. The van der Waals surface area contributed by atoms with Gasteiger partial charge in [-0.2, -0.15) is 0 Å². The molecule has 0 unspecified atom stereocenters. The molecule has 0 amide bonds. The van der Waals surface area contributed by atoms with Gasteiger partial charge in [-0.15, -0.1) is 23.7 Å². The first-order valence-electron chi connectivity index (χ1n) is 5.32. The molecular weight excluding hydrogens is 351 g/mol. The Labute approximate surface area is 132 Å². The summed E-state index contributed by atoms with van der Waals surface area (Å²) in [7, 11) is -3.59. The highest BCUT2D eigenvalue weighted by Gasteiger charge is 2.21. The fraction of sp³-hybridized carbons (Fsp3) is 0.400. The van der Waals surface area contributed by atoms with Crippen LogP contribution >= 0.6 is 46.9 Å². The third kappa shape index (κ3) is 4.60. The molecule has 0 bridgehead atoms. The zero-order valence-corrected chi connectivity index (χ0v) is 13.7. The molecule has 0 radical (unpaired) electrons. The van der Waals surface area contributed by atoms with Crippen LogP contribution < -0.4 is 10.0 Å². The van der Waals surface area contributed by atoms with E-state index in [0.717, 1.165) is 36.4 Å². The van der Waals surface area contributed by atoms with Gasteiger partial charge < -0.3 is 5.32 Å². The number of hydrogen-bond acceptors (Lipinski definition) is 4. The van der Waals surface area contributed by atoms with E-state index in [0.29, 0.717) is 10.9 Å². The Morgan fingerprint density at radius 3 is 2.68 bits per heavy atom. The fourth-order valence-electron chi connectivity index (χ4n) is 1.60. The summed E-state index contributed by atoms with van der Waals surface area (Å²) >= 11 is 12.6. The van der Waals surface area contributed by atoms with E-state index in [1.165, 1.54) is 6.07 Å². The zero-order chi connectivity index (χ0) is 13.2. The Hall–Kier alpha value is 0.180. The molecule has 0 atom stereocenters. The predicted octanol–water partition coefficient (Wildman–Crippen LogP) is 2.67. The molecule has 0 spiro atoms. The van der Waals surface area contributed by atoms with E-state index in [9.17, 15) is 8.42 Å². The van der Waals surface area contributed by atoms with E-state index < -0.39 is 10.0 Å². The molecular formula is C10H13Cl3N2O2S2. The first kappa shape index (κ1) is 17.2. The van der Waals surface area contributed by atoms with E-state index in [2.05, 4.69) is 10.0 Å². The average Bonchev–Trinajstić information content (AvgIpc) is 2.68. The predicted molar refractivity (Wildman–Crippen MR) is 82.3 cm³/mol. The lowest BCUT2D eigenvalue weighted by atomic mass is 10.1. The maximum absolute atomic E-state index is 12.0. The van der Waals surface area contributed by atoms with E-state index >= 15 is 0 Å². The SMILES string of the molecule is Cl.O=S(=O)(NCC1=CCNCC1)c1cc(Cl)sc1Cl. The summed E-state index contributed by atoms with van der Waals surface area (Å²) in [5.74, 6) is 0. The van der Waals surface area contributed by atoms with Gasteiger partial charge in [-0.3, -0.25) is 0 Å². The van der Waals surface area contributed by atoms with Gasteiger partial charge in [0.2, 0.25) is 10.0 Å². The zero-order valence-electron chi connectivity index (χ0n) is 9.78. The Balaban J connectivity index is 0.00000180. The molecule has 0 aliphatic carbocycles. The first-order valence-corrected chi connectivity index (χ1v) is 8.38. The Morgan fingerprint density at radius 2 is 2.16 bits per heavy atom. The van der Waals surface area contributed by atoms with E-state index in [1.807, 2.05) is 6.08 Å². The van der Waals surface area contributed by atoms with Gasteiger partial charge in [0.15, 0.2) is 0 Å². The second-order valence-corrected chi connectivity index (χ2v) is 7.85. The monoisotopic (exact) mass is 362 g/mol. The molecule has 1 aromatic rings. The van der Waals surface area contributed by atoms with Crippen LogP contribution in [0.4, 0.5) is 0 Å². The van der Waals surface area contributed by atoms with Gasteiger partial charge in [-0.25, -0.2) is 13.1 Å². The normalized spacial score (nSPS) is 15.8.